The Morgan fingerprint density at radius 1 is 1.33 bits per heavy atom. The number of carbonyl (C=O) groups is 1. The largest absolute Gasteiger partial charge is 0.307 e. The van der Waals surface area contributed by atoms with Crippen LogP contribution >= 0.6 is 27.5 Å². The lowest BCUT2D eigenvalue weighted by Gasteiger charge is -2.07. The van der Waals surface area contributed by atoms with Crippen LogP contribution in [0.15, 0.2) is 41.0 Å². The van der Waals surface area contributed by atoms with Gasteiger partial charge in [-0.3, -0.25) is 4.79 Å². The number of hydrogen-bond donors (Lipinski definition) is 1. The van der Waals surface area contributed by atoms with Crippen LogP contribution in [0.3, 0.4) is 0 Å². The molecule has 0 unspecified atom stereocenters. The van der Waals surface area contributed by atoms with Crippen molar-refractivity contribution in [2.45, 2.75) is 6.92 Å². The van der Waals surface area contributed by atoms with Gasteiger partial charge in [0.1, 0.15) is 5.82 Å². The molecule has 1 aromatic heterocycles. The Labute approximate surface area is 118 Å². The quantitative estimate of drug-likeness (QED) is 0.905. The van der Waals surface area contributed by atoms with Crippen molar-refractivity contribution >= 4 is 39.3 Å². The van der Waals surface area contributed by atoms with Crippen LogP contribution in [0.25, 0.3) is 0 Å². The lowest BCUT2D eigenvalue weighted by atomic mass is 10.1. The summed E-state index contributed by atoms with van der Waals surface area (Å²) in [6.45, 7) is 1.84. The van der Waals surface area contributed by atoms with Crippen LogP contribution in [0.2, 0.25) is 5.02 Å². The minimum Gasteiger partial charge on any atom is -0.307 e. The van der Waals surface area contributed by atoms with E-state index in [1.165, 1.54) is 0 Å². The summed E-state index contributed by atoms with van der Waals surface area (Å²) in [5.41, 5.74) is 1.41. The van der Waals surface area contributed by atoms with E-state index in [2.05, 4.69) is 26.2 Å². The van der Waals surface area contributed by atoms with E-state index in [1.54, 1.807) is 36.5 Å². The first kappa shape index (κ1) is 13.1. The van der Waals surface area contributed by atoms with Crippen molar-refractivity contribution in [3.63, 3.8) is 0 Å². The highest BCUT2D eigenvalue weighted by molar-refractivity contribution is 9.10. The topological polar surface area (TPSA) is 42.0 Å². The summed E-state index contributed by atoms with van der Waals surface area (Å²) in [7, 11) is 0. The first-order chi connectivity index (χ1) is 8.56. The number of amides is 1. The molecule has 1 N–H and O–H groups in total. The molecule has 0 aliphatic rings. The number of hydrogen-bond acceptors (Lipinski definition) is 2. The van der Waals surface area contributed by atoms with Crippen molar-refractivity contribution < 1.29 is 4.79 Å². The molecular formula is C13H10BrClN2O. The molecule has 92 valence electrons. The average molecular weight is 326 g/mol. The minimum atomic E-state index is -0.199. The zero-order chi connectivity index (χ0) is 13.1. The van der Waals surface area contributed by atoms with Gasteiger partial charge in [-0.1, -0.05) is 27.5 Å². The van der Waals surface area contributed by atoms with Crippen LogP contribution in [0.5, 0.6) is 0 Å². The molecule has 0 saturated heterocycles. The Kier molecular flexibility index (Phi) is 3.99. The van der Waals surface area contributed by atoms with Gasteiger partial charge in [-0.05, 0) is 42.8 Å². The molecule has 18 heavy (non-hydrogen) atoms. The smallest absolute Gasteiger partial charge is 0.257 e. The van der Waals surface area contributed by atoms with Gasteiger partial charge in [-0.25, -0.2) is 4.98 Å². The van der Waals surface area contributed by atoms with E-state index in [4.69, 9.17) is 11.6 Å². The normalized spacial score (nSPS) is 10.2. The van der Waals surface area contributed by atoms with Crippen LogP contribution in [-0.2, 0) is 0 Å². The first-order valence-electron chi connectivity index (χ1n) is 5.25. The molecule has 0 radical (unpaired) electrons. The number of rotatable bonds is 2. The number of nitrogens with zero attached hydrogens (tertiary/aromatic N) is 1. The highest BCUT2D eigenvalue weighted by Crippen LogP contribution is 2.17. The summed E-state index contributed by atoms with van der Waals surface area (Å²) in [5.74, 6) is 0.304. The molecule has 1 heterocycles. The van der Waals surface area contributed by atoms with Gasteiger partial charge in [-0.15, -0.1) is 0 Å². The molecule has 1 aromatic carbocycles. The van der Waals surface area contributed by atoms with Crippen molar-refractivity contribution in [1.82, 2.24) is 4.98 Å². The summed E-state index contributed by atoms with van der Waals surface area (Å²) < 4.78 is 0.862. The first-order valence-corrected chi connectivity index (χ1v) is 6.42. The number of aromatic nitrogens is 1. The Morgan fingerprint density at radius 2 is 2.11 bits per heavy atom. The molecule has 0 aliphatic heterocycles. The summed E-state index contributed by atoms with van der Waals surface area (Å²) in [6.07, 6.45) is 1.62. The molecule has 3 nitrogen and oxygen atoms in total. The molecule has 0 saturated carbocycles. The van der Waals surface area contributed by atoms with Gasteiger partial charge in [0.15, 0.2) is 0 Å². The zero-order valence-corrected chi connectivity index (χ0v) is 11.9. The fourth-order valence-corrected chi connectivity index (χ4v) is 2.10. The maximum Gasteiger partial charge on any atom is 0.257 e. The predicted octanol–water partition coefficient (Wildman–Crippen LogP) is 4.06. The van der Waals surface area contributed by atoms with Gasteiger partial charge >= 0.3 is 0 Å². The number of anilines is 1. The third-order valence-corrected chi connectivity index (χ3v) is 3.13. The Balaban J connectivity index is 2.22. The van der Waals surface area contributed by atoms with Gasteiger partial charge in [0.05, 0.1) is 0 Å². The molecular weight excluding hydrogens is 316 g/mol. The van der Waals surface area contributed by atoms with Gasteiger partial charge in [0.2, 0.25) is 0 Å². The van der Waals surface area contributed by atoms with Crippen LogP contribution in [-0.4, -0.2) is 10.9 Å². The summed E-state index contributed by atoms with van der Waals surface area (Å²) >= 11 is 9.18. The highest BCUT2D eigenvalue weighted by atomic mass is 79.9. The highest BCUT2D eigenvalue weighted by Gasteiger charge is 2.10. The van der Waals surface area contributed by atoms with E-state index in [0.717, 1.165) is 10.0 Å². The molecule has 0 bridgehead atoms. The second-order valence-electron chi connectivity index (χ2n) is 3.77. The SMILES string of the molecule is Cc1cc(Cl)ccc1C(=O)Nc1cc(Br)ccn1. The number of aryl methyl sites for hydroxylation is 1. The van der Waals surface area contributed by atoms with Crippen LogP contribution in [0, 0.1) is 6.92 Å². The fourth-order valence-electron chi connectivity index (χ4n) is 1.54. The van der Waals surface area contributed by atoms with Crippen molar-refractivity contribution in [2.24, 2.45) is 0 Å². The van der Waals surface area contributed by atoms with E-state index in [1.807, 2.05) is 6.92 Å². The summed E-state index contributed by atoms with van der Waals surface area (Å²) in [6, 6.07) is 8.68. The van der Waals surface area contributed by atoms with Gasteiger partial charge in [-0.2, -0.15) is 0 Å². The van der Waals surface area contributed by atoms with Crippen molar-refractivity contribution in [1.29, 1.82) is 0 Å². The molecule has 0 fully saturated rings. The monoisotopic (exact) mass is 324 g/mol. The Bertz CT molecular complexity index is 601. The lowest BCUT2D eigenvalue weighted by Crippen LogP contribution is -2.14. The average Bonchev–Trinajstić information content (AvgIpc) is 2.28. The number of benzene rings is 1. The van der Waals surface area contributed by atoms with Crippen molar-refractivity contribution in [2.75, 3.05) is 5.32 Å². The Hall–Kier alpha value is -1.39. The second kappa shape index (κ2) is 5.50. The molecule has 2 aromatic rings. The number of nitrogens with one attached hydrogen (secondary N) is 1. The van der Waals surface area contributed by atoms with Crippen LogP contribution in [0.1, 0.15) is 15.9 Å². The molecule has 0 atom stereocenters. The van der Waals surface area contributed by atoms with Crippen molar-refractivity contribution in [3.8, 4) is 0 Å². The zero-order valence-electron chi connectivity index (χ0n) is 9.58. The predicted molar refractivity (Wildman–Crippen MR) is 76.1 cm³/mol. The maximum absolute atomic E-state index is 12.0. The third kappa shape index (κ3) is 3.09. The minimum absolute atomic E-state index is 0.199. The van der Waals surface area contributed by atoms with Crippen LogP contribution < -0.4 is 5.32 Å². The van der Waals surface area contributed by atoms with Gasteiger partial charge in [0, 0.05) is 21.3 Å². The summed E-state index contributed by atoms with van der Waals surface area (Å²) in [5, 5.41) is 3.35. The molecule has 0 aliphatic carbocycles. The number of carbonyl (C=O) groups excluding carboxylic acids is 1. The molecule has 5 heteroatoms. The van der Waals surface area contributed by atoms with E-state index >= 15 is 0 Å². The third-order valence-electron chi connectivity index (χ3n) is 2.40. The summed E-state index contributed by atoms with van der Waals surface area (Å²) in [4.78, 5) is 16.1. The lowest BCUT2D eigenvalue weighted by molar-refractivity contribution is 0.102. The van der Waals surface area contributed by atoms with Crippen LogP contribution in [0.4, 0.5) is 5.82 Å². The number of pyridine rings is 1. The molecule has 2 rings (SSSR count). The molecule has 1 amide bonds. The standard InChI is InChI=1S/C13H10BrClN2O/c1-8-6-10(15)2-3-11(8)13(18)17-12-7-9(14)4-5-16-12/h2-7H,1H3,(H,16,17,18). The fraction of sp³-hybridized carbons (Fsp3) is 0.0769. The number of halogens is 2. The van der Waals surface area contributed by atoms with E-state index < -0.39 is 0 Å². The van der Waals surface area contributed by atoms with Gasteiger partial charge in [0.25, 0.3) is 5.91 Å². The maximum atomic E-state index is 12.0. The molecule has 0 spiro atoms. The van der Waals surface area contributed by atoms with Crippen molar-refractivity contribution in [3.05, 3.63) is 57.2 Å². The van der Waals surface area contributed by atoms with Gasteiger partial charge < -0.3 is 5.32 Å². The second-order valence-corrected chi connectivity index (χ2v) is 5.12. The van der Waals surface area contributed by atoms with E-state index in [9.17, 15) is 4.79 Å². The van der Waals surface area contributed by atoms with E-state index in [-0.39, 0.29) is 5.91 Å². The Morgan fingerprint density at radius 3 is 2.78 bits per heavy atom. The van der Waals surface area contributed by atoms with E-state index in [0.29, 0.717) is 16.4 Å².